The van der Waals surface area contributed by atoms with Crippen LogP contribution in [0.25, 0.3) is 0 Å². The lowest BCUT2D eigenvalue weighted by molar-refractivity contribution is 0.259. The lowest BCUT2D eigenvalue weighted by Crippen LogP contribution is -2.42. The number of aromatic nitrogens is 2. The molecule has 1 atom stereocenters. The van der Waals surface area contributed by atoms with Crippen molar-refractivity contribution in [3.63, 3.8) is 0 Å². The Balaban J connectivity index is 2.35. The van der Waals surface area contributed by atoms with Gasteiger partial charge in [0.05, 0.1) is 0 Å². The van der Waals surface area contributed by atoms with Crippen LogP contribution < -0.4 is 0 Å². The molecule has 0 bridgehead atoms. The number of rotatable bonds is 5. The van der Waals surface area contributed by atoms with E-state index in [1.54, 1.807) is 13.1 Å². The molecule has 8 heteroatoms. The van der Waals surface area contributed by atoms with Crippen LogP contribution in [0.1, 0.15) is 38.4 Å². The number of aryl methyl sites for hydroxylation is 2. The van der Waals surface area contributed by atoms with Crippen LogP contribution in [0.15, 0.2) is 16.2 Å². The lowest BCUT2D eigenvalue weighted by atomic mass is 10.1. The minimum absolute atomic E-state index is 0.0291. The highest BCUT2D eigenvalue weighted by Crippen LogP contribution is 2.25. The van der Waals surface area contributed by atoms with Gasteiger partial charge in [-0.2, -0.15) is 9.30 Å². The van der Waals surface area contributed by atoms with Crippen molar-refractivity contribution in [1.29, 1.82) is 0 Å². The maximum Gasteiger partial charge on any atom is 0.263 e. The Morgan fingerprint density at radius 2 is 2.24 bits per heavy atom. The Morgan fingerprint density at radius 1 is 1.48 bits per heavy atom. The summed E-state index contributed by atoms with van der Waals surface area (Å²) in [5.41, 5.74) is 0. The zero-order valence-corrected chi connectivity index (χ0v) is 13.1. The number of aliphatic imine (C=N–C) groups is 1. The van der Waals surface area contributed by atoms with E-state index in [1.807, 2.05) is 11.5 Å². The Labute approximate surface area is 124 Å². The zero-order valence-electron chi connectivity index (χ0n) is 12.3. The molecule has 0 aliphatic carbocycles. The normalized spacial score (nSPS) is 20.2. The second kappa shape index (κ2) is 6.51. The molecule has 1 aliphatic rings. The highest BCUT2D eigenvalue weighted by atomic mass is 32.2. The summed E-state index contributed by atoms with van der Waals surface area (Å²) >= 11 is 0. The molecule has 1 aromatic rings. The van der Waals surface area contributed by atoms with Crippen molar-refractivity contribution in [2.75, 3.05) is 6.54 Å². The second-order valence-electron chi connectivity index (χ2n) is 5.13. The largest absolute Gasteiger partial charge is 0.334 e. The summed E-state index contributed by atoms with van der Waals surface area (Å²) in [5.74, 6) is 0.669. The van der Waals surface area contributed by atoms with Crippen molar-refractivity contribution in [3.05, 3.63) is 12.0 Å². The SMILES string of the molecule is CCCn1cc(S(=O)(=O)N2CCCCC2N=C=O)nc1C. The minimum Gasteiger partial charge on any atom is -0.334 e. The van der Waals surface area contributed by atoms with Crippen LogP contribution in [-0.2, 0) is 21.4 Å². The highest BCUT2D eigenvalue weighted by Gasteiger charge is 2.35. The molecule has 0 N–H and O–H groups in total. The quantitative estimate of drug-likeness (QED) is 0.608. The van der Waals surface area contributed by atoms with E-state index < -0.39 is 16.2 Å². The topological polar surface area (TPSA) is 84.6 Å². The van der Waals surface area contributed by atoms with Gasteiger partial charge in [-0.15, -0.1) is 0 Å². The third-order valence-corrected chi connectivity index (χ3v) is 5.39. The molecule has 0 spiro atoms. The molecular formula is C13H20N4O3S. The first-order valence-electron chi connectivity index (χ1n) is 7.13. The molecule has 0 amide bonds. The Kier molecular flexibility index (Phi) is 4.92. The van der Waals surface area contributed by atoms with Gasteiger partial charge in [-0.05, 0) is 32.6 Å². The van der Waals surface area contributed by atoms with E-state index in [4.69, 9.17) is 0 Å². The van der Waals surface area contributed by atoms with Crippen molar-refractivity contribution in [1.82, 2.24) is 13.9 Å². The summed E-state index contributed by atoms with van der Waals surface area (Å²) in [5, 5.41) is 0.0291. The van der Waals surface area contributed by atoms with Gasteiger partial charge < -0.3 is 4.57 Å². The van der Waals surface area contributed by atoms with Crippen molar-refractivity contribution in [2.24, 2.45) is 4.99 Å². The van der Waals surface area contributed by atoms with Crippen molar-refractivity contribution in [3.8, 4) is 0 Å². The summed E-state index contributed by atoms with van der Waals surface area (Å²) < 4.78 is 28.5. The standard InChI is InChI=1S/C13H20N4O3S/c1-3-7-16-9-13(15-11(16)2)21(19,20)17-8-5-4-6-12(17)14-10-18/h9,12H,3-8H2,1-2H3. The average molecular weight is 312 g/mol. The summed E-state index contributed by atoms with van der Waals surface area (Å²) in [6.07, 6.45) is 5.44. The number of hydrogen-bond donors (Lipinski definition) is 0. The molecule has 1 fully saturated rings. The van der Waals surface area contributed by atoms with Crippen LogP contribution in [0.3, 0.4) is 0 Å². The predicted octanol–water partition coefficient (Wildman–Crippen LogP) is 1.44. The first-order valence-corrected chi connectivity index (χ1v) is 8.57. The van der Waals surface area contributed by atoms with E-state index in [0.717, 1.165) is 25.8 Å². The maximum atomic E-state index is 12.7. The number of sulfonamides is 1. The predicted molar refractivity (Wildman–Crippen MR) is 76.9 cm³/mol. The van der Waals surface area contributed by atoms with E-state index in [-0.39, 0.29) is 5.03 Å². The minimum atomic E-state index is -3.72. The molecule has 2 rings (SSSR count). The monoisotopic (exact) mass is 312 g/mol. The van der Waals surface area contributed by atoms with Crippen molar-refractivity contribution >= 4 is 16.1 Å². The highest BCUT2D eigenvalue weighted by molar-refractivity contribution is 7.89. The van der Waals surface area contributed by atoms with Gasteiger partial charge in [-0.25, -0.2) is 18.2 Å². The van der Waals surface area contributed by atoms with Gasteiger partial charge in [-0.3, -0.25) is 0 Å². The van der Waals surface area contributed by atoms with E-state index in [1.165, 1.54) is 10.4 Å². The second-order valence-corrected chi connectivity index (χ2v) is 6.97. The third-order valence-electron chi connectivity index (χ3n) is 3.62. The summed E-state index contributed by atoms with van der Waals surface area (Å²) in [6.45, 7) is 4.89. The molecule has 21 heavy (non-hydrogen) atoms. The molecule has 0 radical (unpaired) electrons. The molecular weight excluding hydrogens is 292 g/mol. The van der Waals surface area contributed by atoms with E-state index in [9.17, 15) is 13.2 Å². The van der Waals surface area contributed by atoms with Gasteiger partial charge in [0.1, 0.15) is 12.0 Å². The zero-order chi connectivity index (χ0) is 15.5. The summed E-state index contributed by atoms with van der Waals surface area (Å²) in [4.78, 5) is 18.3. The molecule has 7 nitrogen and oxygen atoms in total. The molecule has 1 unspecified atom stereocenters. The molecule has 2 heterocycles. The van der Waals surface area contributed by atoms with Gasteiger partial charge in [-0.1, -0.05) is 6.92 Å². The Morgan fingerprint density at radius 3 is 2.90 bits per heavy atom. The third kappa shape index (κ3) is 3.23. The van der Waals surface area contributed by atoms with E-state index >= 15 is 0 Å². The van der Waals surface area contributed by atoms with Crippen LogP contribution in [0.5, 0.6) is 0 Å². The van der Waals surface area contributed by atoms with E-state index in [0.29, 0.717) is 18.8 Å². The number of hydrogen-bond acceptors (Lipinski definition) is 5. The van der Waals surface area contributed by atoms with Gasteiger partial charge in [0.25, 0.3) is 10.0 Å². The van der Waals surface area contributed by atoms with Gasteiger partial charge in [0, 0.05) is 19.3 Å². The van der Waals surface area contributed by atoms with Crippen molar-refractivity contribution < 1.29 is 13.2 Å². The van der Waals surface area contributed by atoms with Crippen LogP contribution in [0, 0.1) is 6.92 Å². The number of isocyanates is 1. The summed E-state index contributed by atoms with van der Waals surface area (Å²) in [6, 6.07) is 0. The number of piperidine rings is 1. The Hall–Kier alpha value is -1.50. The Bertz CT molecular complexity index is 646. The molecule has 1 saturated heterocycles. The lowest BCUT2D eigenvalue weighted by Gasteiger charge is -2.30. The van der Waals surface area contributed by atoms with Gasteiger partial charge in [0.2, 0.25) is 6.08 Å². The number of carbonyl (C=O) groups excluding carboxylic acids is 1. The van der Waals surface area contributed by atoms with Crippen LogP contribution in [0.4, 0.5) is 0 Å². The van der Waals surface area contributed by atoms with Crippen LogP contribution >= 0.6 is 0 Å². The van der Waals surface area contributed by atoms with Crippen molar-refractivity contribution in [2.45, 2.75) is 57.3 Å². The molecule has 1 aliphatic heterocycles. The van der Waals surface area contributed by atoms with E-state index in [2.05, 4.69) is 9.98 Å². The maximum absolute atomic E-state index is 12.7. The smallest absolute Gasteiger partial charge is 0.263 e. The average Bonchev–Trinajstić information content (AvgIpc) is 2.82. The molecule has 0 saturated carbocycles. The fraction of sp³-hybridized carbons (Fsp3) is 0.692. The fourth-order valence-electron chi connectivity index (χ4n) is 2.55. The summed E-state index contributed by atoms with van der Waals surface area (Å²) in [7, 11) is -3.72. The van der Waals surface area contributed by atoms with Crippen LogP contribution in [0.2, 0.25) is 0 Å². The fourth-order valence-corrected chi connectivity index (χ4v) is 4.14. The first kappa shape index (κ1) is 15.9. The van der Waals surface area contributed by atoms with Gasteiger partial charge >= 0.3 is 0 Å². The molecule has 116 valence electrons. The number of imidazole rings is 1. The first-order chi connectivity index (χ1) is 10.0. The number of nitrogens with zero attached hydrogens (tertiary/aromatic N) is 4. The molecule has 0 aromatic carbocycles. The van der Waals surface area contributed by atoms with Gasteiger partial charge in [0.15, 0.2) is 5.03 Å². The van der Waals surface area contributed by atoms with Crippen LogP contribution in [-0.4, -0.2) is 41.1 Å². The molecule has 1 aromatic heterocycles.